The molecule has 0 radical (unpaired) electrons. The maximum Gasteiger partial charge on any atom is 0.253 e. The molecule has 1 unspecified atom stereocenters. The summed E-state index contributed by atoms with van der Waals surface area (Å²) in [6.07, 6.45) is 0. The number of hydrogen-bond acceptors (Lipinski definition) is 3. The fourth-order valence-electron chi connectivity index (χ4n) is 1.28. The highest BCUT2D eigenvalue weighted by Crippen LogP contribution is 2.25. The second kappa shape index (κ2) is 6.81. The maximum atomic E-state index is 11.8. The Morgan fingerprint density at radius 3 is 2.82 bits per heavy atom. The van der Waals surface area contributed by atoms with E-state index in [1.807, 2.05) is 0 Å². The van der Waals surface area contributed by atoms with Crippen LogP contribution in [0.2, 0.25) is 10.0 Å². The van der Waals surface area contributed by atoms with Crippen molar-refractivity contribution in [1.82, 2.24) is 5.32 Å². The Labute approximate surface area is 109 Å². The fraction of sp³-hybridized carbons (Fsp3) is 0.364. The molecule has 0 spiro atoms. The number of halogens is 2. The molecular weight excluding hydrogens is 265 g/mol. The Morgan fingerprint density at radius 2 is 2.24 bits per heavy atom. The van der Waals surface area contributed by atoms with E-state index in [0.29, 0.717) is 5.02 Å². The third kappa shape index (κ3) is 3.85. The molecule has 0 saturated carbocycles. The fourth-order valence-corrected chi connectivity index (χ4v) is 1.67. The van der Waals surface area contributed by atoms with Gasteiger partial charge in [-0.1, -0.05) is 29.3 Å². The summed E-state index contributed by atoms with van der Waals surface area (Å²) in [5, 5.41) is 12.1. The molecule has 0 aromatic heterocycles. The van der Waals surface area contributed by atoms with E-state index < -0.39 is 11.9 Å². The Balaban J connectivity index is 2.79. The second-order valence-electron chi connectivity index (χ2n) is 3.41. The van der Waals surface area contributed by atoms with Crippen LogP contribution in [-0.4, -0.2) is 37.4 Å². The first-order valence-corrected chi connectivity index (χ1v) is 5.70. The van der Waals surface area contributed by atoms with E-state index >= 15 is 0 Å². The third-order valence-electron chi connectivity index (χ3n) is 2.12. The summed E-state index contributed by atoms with van der Waals surface area (Å²) in [7, 11) is 1.49. The minimum atomic E-state index is -0.470. The summed E-state index contributed by atoms with van der Waals surface area (Å²) < 4.78 is 4.85. The summed E-state index contributed by atoms with van der Waals surface area (Å²) in [6, 6.07) is 4.32. The zero-order chi connectivity index (χ0) is 12.8. The van der Waals surface area contributed by atoms with E-state index in [0.717, 1.165) is 0 Å². The Kier molecular flexibility index (Phi) is 5.71. The van der Waals surface area contributed by atoms with Crippen molar-refractivity contribution < 1.29 is 14.6 Å². The van der Waals surface area contributed by atoms with Gasteiger partial charge < -0.3 is 15.2 Å². The quantitative estimate of drug-likeness (QED) is 0.862. The molecule has 17 heavy (non-hydrogen) atoms. The molecule has 1 rings (SSSR count). The molecule has 0 fully saturated rings. The molecule has 1 aromatic rings. The van der Waals surface area contributed by atoms with Crippen molar-refractivity contribution in [3.05, 3.63) is 33.8 Å². The predicted octanol–water partition coefficient (Wildman–Crippen LogP) is 1.73. The van der Waals surface area contributed by atoms with Crippen LogP contribution in [0.5, 0.6) is 0 Å². The average Bonchev–Trinajstić information content (AvgIpc) is 2.31. The van der Waals surface area contributed by atoms with Crippen LogP contribution in [-0.2, 0) is 4.74 Å². The number of carbonyl (C=O) groups excluding carboxylic acids is 1. The van der Waals surface area contributed by atoms with Gasteiger partial charge in [0.2, 0.25) is 0 Å². The van der Waals surface area contributed by atoms with E-state index in [1.165, 1.54) is 7.11 Å². The van der Waals surface area contributed by atoms with Gasteiger partial charge in [-0.3, -0.25) is 4.79 Å². The van der Waals surface area contributed by atoms with Crippen molar-refractivity contribution in [1.29, 1.82) is 0 Å². The average molecular weight is 278 g/mol. The molecule has 6 heteroatoms. The molecule has 1 atom stereocenters. The van der Waals surface area contributed by atoms with Gasteiger partial charge in [0.1, 0.15) is 0 Å². The monoisotopic (exact) mass is 277 g/mol. The molecule has 2 N–H and O–H groups in total. The highest BCUT2D eigenvalue weighted by Gasteiger charge is 2.16. The maximum absolute atomic E-state index is 11.8. The lowest BCUT2D eigenvalue weighted by Gasteiger charge is -2.15. The van der Waals surface area contributed by atoms with Crippen molar-refractivity contribution in [2.24, 2.45) is 0 Å². The number of nitrogens with one attached hydrogen (secondary N) is 1. The first-order valence-electron chi connectivity index (χ1n) is 4.94. The van der Waals surface area contributed by atoms with Crippen molar-refractivity contribution in [3.63, 3.8) is 0 Å². The van der Waals surface area contributed by atoms with Crippen LogP contribution in [0.1, 0.15) is 10.4 Å². The van der Waals surface area contributed by atoms with Crippen molar-refractivity contribution >= 4 is 29.1 Å². The van der Waals surface area contributed by atoms with Gasteiger partial charge in [-0.15, -0.1) is 0 Å². The number of methoxy groups -OCH3 is 1. The lowest BCUT2D eigenvalue weighted by Crippen LogP contribution is -2.40. The minimum Gasteiger partial charge on any atom is -0.394 e. The van der Waals surface area contributed by atoms with Gasteiger partial charge in [-0.25, -0.2) is 0 Å². The lowest BCUT2D eigenvalue weighted by molar-refractivity contribution is 0.0840. The number of amides is 1. The number of benzene rings is 1. The molecule has 1 amide bonds. The summed E-state index contributed by atoms with van der Waals surface area (Å²) in [5.41, 5.74) is 0.272. The summed E-state index contributed by atoms with van der Waals surface area (Å²) in [4.78, 5) is 11.8. The second-order valence-corrected chi connectivity index (χ2v) is 4.19. The van der Waals surface area contributed by atoms with Crippen molar-refractivity contribution in [2.75, 3.05) is 20.3 Å². The summed E-state index contributed by atoms with van der Waals surface area (Å²) >= 11 is 11.7. The van der Waals surface area contributed by atoms with Crippen LogP contribution in [0.25, 0.3) is 0 Å². The first-order chi connectivity index (χ1) is 8.10. The van der Waals surface area contributed by atoms with Crippen molar-refractivity contribution in [2.45, 2.75) is 6.04 Å². The predicted molar refractivity (Wildman–Crippen MR) is 66.7 cm³/mol. The van der Waals surface area contributed by atoms with Gasteiger partial charge in [-0.05, 0) is 12.1 Å². The number of aliphatic hydroxyl groups excluding tert-OH is 1. The molecule has 0 bridgehead atoms. The van der Waals surface area contributed by atoms with Crippen LogP contribution in [0.4, 0.5) is 0 Å². The summed E-state index contributed by atoms with van der Waals surface area (Å²) in [6.45, 7) is 0.0121. The molecule has 94 valence electrons. The van der Waals surface area contributed by atoms with Crippen molar-refractivity contribution in [3.8, 4) is 0 Å². The van der Waals surface area contributed by atoms with E-state index in [1.54, 1.807) is 18.2 Å². The van der Waals surface area contributed by atoms with Crippen LogP contribution in [0, 0.1) is 0 Å². The number of hydrogen-bond donors (Lipinski definition) is 2. The molecule has 0 saturated heterocycles. The van der Waals surface area contributed by atoms with Crippen LogP contribution < -0.4 is 5.32 Å². The number of carbonyl (C=O) groups is 1. The molecular formula is C11H13Cl2NO3. The van der Waals surface area contributed by atoms with Crippen LogP contribution in [0.3, 0.4) is 0 Å². The zero-order valence-electron chi connectivity index (χ0n) is 9.24. The molecule has 0 heterocycles. The van der Waals surface area contributed by atoms with Gasteiger partial charge in [0.25, 0.3) is 5.91 Å². The lowest BCUT2D eigenvalue weighted by atomic mass is 10.2. The topological polar surface area (TPSA) is 58.6 Å². The number of rotatable bonds is 5. The van der Waals surface area contributed by atoms with Gasteiger partial charge in [0, 0.05) is 7.11 Å². The SMILES string of the molecule is COCC(CO)NC(=O)c1cccc(Cl)c1Cl. The van der Waals surface area contributed by atoms with Gasteiger partial charge >= 0.3 is 0 Å². The molecule has 4 nitrogen and oxygen atoms in total. The number of aliphatic hydroxyl groups is 1. The molecule has 0 aliphatic heterocycles. The standard InChI is InChI=1S/C11H13Cl2NO3/c1-17-6-7(5-15)14-11(16)8-3-2-4-9(12)10(8)13/h2-4,7,15H,5-6H2,1H3,(H,14,16). The third-order valence-corrected chi connectivity index (χ3v) is 2.94. The van der Waals surface area contributed by atoms with Gasteiger partial charge in [-0.2, -0.15) is 0 Å². The Bertz CT molecular complexity index is 398. The Hall–Kier alpha value is -0.810. The first kappa shape index (κ1) is 14.3. The normalized spacial score (nSPS) is 12.2. The van der Waals surface area contributed by atoms with Crippen LogP contribution >= 0.6 is 23.2 Å². The smallest absolute Gasteiger partial charge is 0.253 e. The zero-order valence-corrected chi connectivity index (χ0v) is 10.8. The van der Waals surface area contributed by atoms with E-state index in [9.17, 15) is 4.79 Å². The molecule has 1 aromatic carbocycles. The van der Waals surface area contributed by atoms with Crippen LogP contribution in [0.15, 0.2) is 18.2 Å². The highest BCUT2D eigenvalue weighted by atomic mass is 35.5. The highest BCUT2D eigenvalue weighted by molar-refractivity contribution is 6.43. The number of ether oxygens (including phenoxy) is 1. The molecule has 0 aliphatic rings. The van der Waals surface area contributed by atoms with E-state index in [4.69, 9.17) is 33.0 Å². The van der Waals surface area contributed by atoms with Gasteiger partial charge in [0.15, 0.2) is 0 Å². The van der Waals surface area contributed by atoms with E-state index in [-0.39, 0.29) is 23.8 Å². The summed E-state index contributed by atoms with van der Waals surface area (Å²) in [5.74, 6) is -0.395. The molecule has 0 aliphatic carbocycles. The minimum absolute atomic E-state index is 0.195. The largest absolute Gasteiger partial charge is 0.394 e. The van der Waals surface area contributed by atoms with Gasteiger partial charge in [0.05, 0.1) is 34.9 Å². The Morgan fingerprint density at radius 1 is 1.53 bits per heavy atom. The van der Waals surface area contributed by atoms with E-state index in [2.05, 4.69) is 5.32 Å².